The van der Waals surface area contributed by atoms with Crippen molar-refractivity contribution in [3.8, 4) is 0 Å². The Hall–Kier alpha value is -1.57. The van der Waals surface area contributed by atoms with E-state index in [2.05, 4.69) is 52.1 Å². The Kier molecular flexibility index (Phi) is 5.34. The minimum atomic E-state index is -0.103. The van der Waals surface area contributed by atoms with E-state index in [1.54, 1.807) is 0 Å². The Morgan fingerprint density at radius 1 is 1.21 bits per heavy atom. The van der Waals surface area contributed by atoms with Crippen LogP contribution in [0, 0.1) is 16.7 Å². The van der Waals surface area contributed by atoms with E-state index < -0.39 is 0 Å². The van der Waals surface area contributed by atoms with E-state index in [0.717, 1.165) is 12.2 Å². The molecular weight excluding hydrogens is 232 g/mol. The molecule has 1 aromatic rings. The second kappa shape index (κ2) is 6.55. The van der Waals surface area contributed by atoms with E-state index in [0.29, 0.717) is 11.6 Å². The van der Waals surface area contributed by atoms with Crippen LogP contribution in [-0.4, -0.2) is 5.71 Å². The van der Waals surface area contributed by atoms with Gasteiger partial charge in [-0.2, -0.15) is 0 Å². The smallest absolute Gasteiger partial charge is 0.0397 e. The molecule has 1 aromatic carbocycles. The van der Waals surface area contributed by atoms with Crippen molar-refractivity contribution < 1.29 is 0 Å². The van der Waals surface area contributed by atoms with Crippen molar-refractivity contribution in [2.75, 3.05) is 0 Å². The average Bonchev–Trinajstić information content (AvgIpc) is 2.33. The van der Waals surface area contributed by atoms with Gasteiger partial charge in [-0.3, -0.25) is 0 Å². The average molecular weight is 258 g/mol. The van der Waals surface area contributed by atoms with Gasteiger partial charge in [0, 0.05) is 23.4 Å². The Bertz CT molecular complexity index is 436. The van der Waals surface area contributed by atoms with Crippen LogP contribution in [0.1, 0.15) is 40.2 Å². The molecule has 0 spiro atoms. The fourth-order valence-corrected chi connectivity index (χ4v) is 1.59. The quantitative estimate of drug-likeness (QED) is 0.755. The number of benzene rings is 1. The third-order valence-corrected chi connectivity index (χ3v) is 3.07. The van der Waals surface area contributed by atoms with Crippen LogP contribution < -0.4 is 5.32 Å². The first-order valence-electron chi connectivity index (χ1n) is 6.89. The Balaban J connectivity index is 2.74. The van der Waals surface area contributed by atoms with Gasteiger partial charge in [0.2, 0.25) is 0 Å². The molecule has 0 saturated carbocycles. The van der Waals surface area contributed by atoms with Gasteiger partial charge in [-0.05, 0) is 17.6 Å². The third-order valence-electron chi connectivity index (χ3n) is 3.07. The number of hydrogen-bond acceptors (Lipinski definition) is 2. The summed E-state index contributed by atoms with van der Waals surface area (Å²) >= 11 is 0. The third kappa shape index (κ3) is 5.29. The molecule has 0 bridgehead atoms. The van der Waals surface area contributed by atoms with Crippen LogP contribution in [0.25, 0.3) is 0 Å². The highest BCUT2D eigenvalue weighted by atomic mass is 14.9. The summed E-state index contributed by atoms with van der Waals surface area (Å²) in [5.41, 5.74) is 2.95. The van der Waals surface area contributed by atoms with Crippen molar-refractivity contribution in [1.82, 2.24) is 5.32 Å². The summed E-state index contributed by atoms with van der Waals surface area (Å²) < 4.78 is 0. The summed E-state index contributed by atoms with van der Waals surface area (Å²) in [5.74, 6) is 0.395. The van der Waals surface area contributed by atoms with Gasteiger partial charge in [-0.15, -0.1) is 0 Å². The zero-order valence-corrected chi connectivity index (χ0v) is 12.7. The minimum absolute atomic E-state index is 0.103. The Morgan fingerprint density at radius 3 is 2.26 bits per heavy atom. The van der Waals surface area contributed by atoms with Crippen LogP contribution in [0.2, 0.25) is 0 Å². The molecule has 0 aliphatic rings. The van der Waals surface area contributed by atoms with Gasteiger partial charge in [-0.1, -0.05) is 65.0 Å². The first kappa shape index (κ1) is 15.5. The number of allylic oxidation sites excluding steroid dienone is 2. The molecule has 2 nitrogen and oxygen atoms in total. The van der Waals surface area contributed by atoms with Crippen molar-refractivity contribution >= 4 is 5.71 Å². The molecule has 0 unspecified atom stereocenters. The molecule has 0 amide bonds. The zero-order valence-electron chi connectivity index (χ0n) is 12.7. The SMILES string of the molecule is CC(C)/C(=C/C(=N)C(C)(C)C)NCc1ccccc1. The predicted molar refractivity (Wildman–Crippen MR) is 83.4 cm³/mol. The summed E-state index contributed by atoms with van der Waals surface area (Å²) in [5, 5.41) is 11.6. The van der Waals surface area contributed by atoms with Crippen LogP contribution in [0.4, 0.5) is 0 Å². The molecule has 1 rings (SSSR count). The van der Waals surface area contributed by atoms with E-state index >= 15 is 0 Å². The number of rotatable bonds is 5. The van der Waals surface area contributed by atoms with Crippen LogP contribution in [0.15, 0.2) is 42.1 Å². The van der Waals surface area contributed by atoms with E-state index in [4.69, 9.17) is 5.41 Å². The molecule has 0 saturated heterocycles. The zero-order chi connectivity index (χ0) is 14.5. The molecule has 104 valence electrons. The van der Waals surface area contributed by atoms with E-state index in [-0.39, 0.29) is 5.41 Å². The summed E-state index contributed by atoms with van der Waals surface area (Å²) in [7, 11) is 0. The van der Waals surface area contributed by atoms with Crippen LogP contribution >= 0.6 is 0 Å². The first-order chi connectivity index (χ1) is 8.80. The lowest BCUT2D eigenvalue weighted by molar-refractivity contribution is 0.586. The van der Waals surface area contributed by atoms with Gasteiger partial charge in [0.15, 0.2) is 0 Å². The van der Waals surface area contributed by atoms with Gasteiger partial charge >= 0.3 is 0 Å². The van der Waals surface area contributed by atoms with Crippen LogP contribution in [-0.2, 0) is 6.54 Å². The molecule has 2 heteroatoms. The van der Waals surface area contributed by atoms with Gasteiger partial charge in [0.1, 0.15) is 0 Å². The highest BCUT2D eigenvalue weighted by molar-refractivity contribution is 5.96. The fourth-order valence-electron chi connectivity index (χ4n) is 1.59. The highest BCUT2D eigenvalue weighted by Gasteiger charge is 2.16. The molecule has 0 fully saturated rings. The second-order valence-corrected chi connectivity index (χ2v) is 6.26. The van der Waals surface area contributed by atoms with Crippen molar-refractivity contribution in [1.29, 1.82) is 5.41 Å². The van der Waals surface area contributed by atoms with Crippen molar-refractivity contribution in [3.63, 3.8) is 0 Å². The molecule has 0 heterocycles. The van der Waals surface area contributed by atoms with Gasteiger partial charge in [0.05, 0.1) is 0 Å². The maximum atomic E-state index is 8.13. The largest absolute Gasteiger partial charge is 0.384 e. The molecule has 0 aliphatic carbocycles. The minimum Gasteiger partial charge on any atom is -0.384 e. The molecule has 2 N–H and O–H groups in total. The molecule has 0 aliphatic heterocycles. The van der Waals surface area contributed by atoms with E-state index in [9.17, 15) is 0 Å². The summed E-state index contributed by atoms with van der Waals surface area (Å²) in [6.45, 7) is 11.3. The van der Waals surface area contributed by atoms with Crippen LogP contribution in [0.3, 0.4) is 0 Å². The van der Waals surface area contributed by atoms with Gasteiger partial charge < -0.3 is 10.7 Å². The van der Waals surface area contributed by atoms with E-state index in [1.165, 1.54) is 5.56 Å². The maximum Gasteiger partial charge on any atom is 0.0397 e. The summed E-state index contributed by atoms with van der Waals surface area (Å²) in [6, 6.07) is 10.3. The standard InChI is InChI=1S/C17H26N2/c1-13(2)15(11-16(18)17(3,4)5)19-12-14-9-7-6-8-10-14/h6-11,13,18-19H,12H2,1-5H3/b15-11-,18-16?. The van der Waals surface area contributed by atoms with Crippen molar-refractivity contribution in [2.24, 2.45) is 11.3 Å². The van der Waals surface area contributed by atoms with Crippen molar-refractivity contribution in [2.45, 2.75) is 41.2 Å². The molecule has 0 radical (unpaired) electrons. The normalized spacial score (nSPS) is 12.6. The Labute approximate surface area is 117 Å². The molecule has 19 heavy (non-hydrogen) atoms. The highest BCUT2D eigenvalue weighted by Crippen LogP contribution is 2.18. The van der Waals surface area contributed by atoms with Gasteiger partial charge in [0.25, 0.3) is 0 Å². The lowest BCUT2D eigenvalue weighted by Gasteiger charge is -2.21. The molecular formula is C17H26N2. The number of nitrogens with one attached hydrogen (secondary N) is 2. The molecule has 0 atom stereocenters. The van der Waals surface area contributed by atoms with Crippen molar-refractivity contribution in [3.05, 3.63) is 47.7 Å². The maximum absolute atomic E-state index is 8.13. The second-order valence-electron chi connectivity index (χ2n) is 6.26. The molecule has 0 aromatic heterocycles. The summed E-state index contributed by atoms with van der Waals surface area (Å²) in [4.78, 5) is 0. The van der Waals surface area contributed by atoms with Gasteiger partial charge in [-0.25, -0.2) is 0 Å². The van der Waals surface area contributed by atoms with Crippen LogP contribution in [0.5, 0.6) is 0 Å². The number of hydrogen-bond donors (Lipinski definition) is 2. The summed E-state index contributed by atoms with van der Waals surface area (Å²) in [6.07, 6.45) is 1.98. The monoisotopic (exact) mass is 258 g/mol. The lowest BCUT2D eigenvalue weighted by atomic mass is 9.88. The predicted octanol–water partition coefficient (Wildman–Crippen LogP) is 4.38. The Morgan fingerprint density at radius 2 is 1.79 bits per heavy atom. The van der Waals surface area contributed by atoms with E-state index in [1.807, 2.05) is 24.3 Å². The lowest BCUT2D eigenvalue weighted by Crippen LogP contribution is -2.23. The topological polar surface area (TPSA) is 35.9 Å². The first-order valence-corrected chi connectivity index (χ1v) is 6.89. The fraction of sp³-hybridized carbons (Fsp3) is 0.471.